The third-order valence-electron chi connectivity index (χ3n) is 3.28. The van der Waals surface area contributed by atoms with E-state index >= 15 is 0 Å². The average molecular weight is 224 g/mol. The van der Waals surface area contributed by atoms with Crippen molar-refractivity contribution in [2.24, 2.45) is 5.92 Å². The van der Waals surface area contributed by atoms with Crippen LogP contribution in [0.1, 0.15) is 31.6 Å². The van der Waals surface area contributed by atoms with Gasteiger partial charge in [0.25, 0.3) is 0 Å². The summed E-state index contributed by atoms with van der Waals surface area (Å²) in [7, 11) is 0. The van der Waals surface area contributed by atoms with Crippen LogP contribution in [0.3, 0.4) is 0 Å². The summed E-state index contributed by atoms with van der Waals surface area (Å²) in [5.41, 5.74) is 0.544. The number of nitrogens with one attached hydrogen (secondary N) is 1. The molecule has 3 unspecified atom stereocenters. The fraction of sp³-hybridized carbons (Fsp3) is 0.583. The van der Waals surface area contributed by atoms with E-state index in [4.69, 9.17) is 0 Å². The summed E-state index contributed by atoms with van der Waals surface area (Å²) < 4.78 is 12.7. The summed E-state index contributed by atoms with van der Waals surface area (Å²) in [4.78, 5) is 3.92. The molecule has 3 nitrogen and oxygen atoms in total. The molecule has 0 spiro atoms. The fourth-order valence-corrected chi connectivity index (χ4v) is 2.21. The van der Waals surface area contributed by atoms with Gasteiger partial charge in [0.15, 0.2) is 0 Å². The van der Waals surface area contributed by atoms with Crippen molar-refractivity contribution >= 4 is 0 Å². The molecule has 1 fully saturated rings. The van der Waals surface area contributed by atoms with E-state index in [9.17, 15) is 9.50 Å². The Bertz CT molecular complexity index is 335. The minimum Gasteiger partial charge on any atom is -0.386 e. The highest BCUT2D eigenvalue weighted by Crippen LogP contribution is 2.26. The summed E-state index contributed by atoms with van der Waals surface area (Å²) in [6.07, 6.45) is 2.75. The first-order valence-electron chi connectivity index (χ1n) is 5.71. The molecule has 2 N–H and O–H groups in total. The number of halogens is 1. The van der Waals surface area contributed by atoms with Crippen molar-refractivity contribution in [1.82, 2.24) is 10.3 Å². The van der Waals surface area contributed by atoms with Crippen LogP contribution < -0.4 is 5.32 Å². The summed E-state index contributed by atoms with van der Waals surface area (Å²) in [5.74, 6) is -0.275. The number of aliphatic hydroxyl groups is 1. The van der Waals surface area contributed by atoms with E-state index in [0.29, 0.717) is 11.7 Å². The Labute approximate surface area is 94.7 Å². The van der Waals surface area contributed by atoms with E-state index in [1.807, 2.05) is 6.92 Å². The van der Waals surface area contributed by atoms with Crippen LogP contribution in [0.2, 0.25) is 0 Å². The zero-order valence-corrected chi connectivity index (χ0v) is 9.36. The van der Waals surface area contributed by atoms with Crippen LogP contribution in [0, 0.1) is 11.7 Å². The van der Waals surface area contributed by atoms with Crippen LogP contribution in [0.4, 0.5) is 4.39 Å². The highest BCUT2D eigenvalue weighted by molar-refractivity contribution is 5.09. The molecule has 4 heteroatoms. The van der Waals surface area contributed by atoms with E-state index in [2.05, 4.69) is 10.3 Å². The number of hydrogen-bond acceptors (Lipinski definition) is 3. The van der Waals surface area contributed by atoms with Crippen molar-refractivity contribution in [3.63, 3.8) is 0 Å². The second-order valence-corrected chi connectivity index (χ2v) is 4.41. The standard InChI is InChI=1S/C12H17FN2O/c1-8(10-3-2-6-14-10)12(16)11-5-4-9(13)7-15-11/h4-5,7-8,10,12,14,16H,2-3,6H2,1H3. The van der Waals surface area contributed by atoms with Gasteiger partial charge in [-0.15, -0.1) is 0 Å². The van der Waals surface area contributed by atoms with Crippen LogP contribution in [0.25, 0.3) is 0 Å². The lowest BCUT2D eigenvalue weighted by Gasteiger charge is -2.24. The topological polar surface area (TPSA) is 45.1 Å². The first kappa shape index (κ1) is 11.5. The number of hydrogen-bond donors (Lipinski definition) is 2. The predicted octanol–water partition coefficient (Wildman–Crippen LogP) is 1.64. The molecule has 16 heavy (non-hydrogen) atoms. The third-order valence-corrected chi connectivity index (χ3v) is 3.28. The Morgan fingerprint density at radius 3 is 2.94 bits per heavy atom. The molecular formula is C12H17FN2O. The Kier molecular flexibility index (Phi) is 3.51. The SMILES string of the molecule is CC(C1CCCN1)C(O)c1ccc(F)cn1. The molecule has 1 aliphatic rings. The van der Waals surface area contributed by atoms with Crippen molar-refractivity contribution in [2.75, 3.05) is 6.54 Å². The number of nitrogens with zero attached hydrogens (tertiary/aromatic N) is 1. The second-order valence-electron chi connectivity index (χ2n) is 4.41. The highest BCUT2D eigenvalue weighted by Gasteiger charge is 2.28. The van der Waals surface area contributed by atoms with Gasteiger partial charge < -0.3 is 10.4 Å². The lowest BCUT2D eigenvalue weighted by atomic mass is 9.92. The predicted molar refractivity (Wildman–Crippen MR) is 59.3 cm³/mol. The fourth-order valence-electron chi connectivity index (χ4n) is 2.21. The van der Waals surface area contributed by atoms with E-state index in [0.717, 1.165) is 25.6 Å². The third kappa shape index (κ3) is 2.39. The Hall–Kier alpha value is -1.00. The zero-order valence-electron chi connectivity index (χ0n) is 9.36. The van der Waals surface area contributed by atoms with Gasteiger partial charge in [-0.2, -0.15) is 0 Å². The first-order chi connectivity index (χ1) is 7.68. The number of rotatable bonds is 3. The van der Waals surface area contributed by atoms with Gasteiger partial charge in [0.1, 0.15) is 5.82 Å². The van der Waals surface area contributed by atoms with Gasteiger partial charge in [-0.25, -0.2) is 4.39 Å². The van der Waals surface area contributed by atoms with Crippen molar-refractivity contribution in [2.45, 2.75) is 31.9 Å². The van der Waals surface area contributed by atoms with Gasteiger partial charge in [0, 0.05) is 12.0 Å². The number of pyridine rings is 1. The number of aliphatic hydroxyl groups excluding tert-OH is 1. The molecule has 0 aliphatic carbocycles. The van der Waals surface area contributed by atoms with E-state index < -0.39 is 6.10 Å². The molecule has 88 valence electrons. The van der Waals surface area contributed by atoms with Crippen LogP contribution in [-0.2, 0) is 0 Å². The van der Waals surface area contributed by atoms with Crippen LogP contribution >= 0.6 is 0 Å². The quantitative estimate of drug-likeness (QED) is 0.820. The van der Waals surface area contributed by atoms with Crippen molar-refractivity contribution in [3.05, 3.63) is 29.8 Å². The number of aromatic nitrogens is 1. The summed E-state index contributed by atoms with van der Waals surface area (Å²) in [6, 6.07) is 3.22. The normalized spacial score (nSPS) is 24.3. The van der Waals surface area contributed by atoms with Crippen LogP contribution in [0.15, 0.2) is 18.3 Å². The van der Waals surface area contributed by atoms with E-state index in [1.54, 1.807) is 6.07 Å². The van der Waals surface area contributed by atoms with Crippen LogP contribution in [-0.4, -0.2) is 22.7 Å². The Morgan fingerprint density at radius 1 is 1.56 bits per heavy atom. The summed E-state index contributed by atoms with van der Waals surface area (Å²) in [6.45, 7) is 3.01. The van der Waals surface area contributed by atoms with Crippen LogP contribution in [0.5, 0.6) is 0 Å². The summed E-state index contributed by atoms with van der Waals surface area (Å²) >= 11 is 0. The Balaban J connectivity index is 2.05. The molecule has 0 amide bonds. The molecule has 2 rings (SSSR count). The molecule has 0 saturated carbocycles. The minimum absolute atomic E-state index is 0.0976. The molecule has 0 bridgehead atoms. The van der Waals surface area contributed by atoms with Crippen molar-refractivity contribution < 1.29 is 9.50 Å². The van der Waals surface area contributed by atoms with Gasteiger partial charge in [-0.1, -0.05) is 6.92 Å². The summed E-state index contributed by atoms with van der Waals surface area (Å²) in [5, 5.41) is 13.5. The second kappa shape index (κ2) is 4.89. The molecule has 0 aromatic carbocycles. The molecule has 1 aliphatic heterocycles. The highest BCUT2D eigenvalue weighted by atomic mass is 19.1. The lowest BCUT2D eigenvalue weighted by Crippen LogP contribution is -2.32. The molecule has 2 heterocycles. The molecular weight excluding hydrogens is 207 g/mol. The molecule has 1 aromatic heterocycles. The van der Waals surface area contributed by atoms with Crippen molar-refractivity contribution in [1.29, 1.82) is 0 Å². The zero-order chi connectivity index (χ0) is 11.5. The average Bonchev–Trinajstić information content (AvgIpc) is 2.81. The first-order valence-corrected chi connectivity index (χ1v) is 5.71. The maximum Gasteiger partial charge on any atom is 0.141 e. The van der Waals surface area contributed by atoms with Gasteiger partial charge in [0.2, 0.25) is 0 Å². The lowest BCUT2D eigenvalue weighted by molar-refractivity contribution is 0.0942. The van der Waals surface area contributed by atoms with Crippen molar-refractivity contribution in [3.8, 4) is 0 Å². The smallest absolute Gasteiger partial charge is 0.141 e. The molecule has 1 aromatic rings. The van der Waals surface area contributed by atoms with E-state index in [1.165, 1.54) is 6.07 Å². The van der Waals surface area contributed by atoms with Gasteiger partial charge >= 0.3 is 0 Å². The molecule has 1 saturated heterocycles. The monoisotopic (exact) mass is 224 g/mol. The minimum atomic E-state index is -0.629. The Morgan fingerprint density at radius 2 is 2.38 bits per heavy atom. The van der Waals surface area contributed by atoms with Gasteiger partial charge in [-0.3, -0.25) is 4.98 Å². The maximum atomic E-state index is 12.7. The molecule has 3 atom stereocenters. The van der Waals surface area contributed by atoms with Gasteiger partial charge in [0.05, 0.1) is 18.0 Å². The largest absolute Gasteiger partial charge is 0.386 e. The maximum absolute atomic E-state index is 12.7. The molecule has 0 radical (unpaired) electrons. The van der Waals surface area contributed by atoms with Gasteiger partial charge in [-0.05, 0) is 31.5 Å². The van der Waals surface area contributed by atoms with E-state index in [-0.39, 0.29) is 11.7 Å².